The molecule has 0 spiro atoms. The third-order valence-corrected chi connectivity index (χ3v) is 6.39. The third-order valence-electron chi connectivity index (χ3n) is 3.13. The first-order valence-corrected chi connectivity index (χ1v) is 8.02. The van der Waals surface area contributed by atoms with Crippen molar-refractivity contribution < 1.29 is 4.74 Å². The lowest BCUT2D eigenvalue weighted by molar-refractivity contribution is 0.109. The first-order chi connectivity index (χ1) is 8.17. The van der Waals surface area contributed by atoms with Crippen LogP contribution in [0.1, 0.15) is 19.4 Å². The van der Waals surface area contributed by atoms with Crippen LogP contribution in [0.3, 0.4) is 0 Å². The number of fused-ring (bicyclic) bond motifs is 5. The number of rotatable bonds is 0. The molecule has 86 valence electrons. The molecule has 0 radical (unpaired) electrons. The van der Waals surface area contributed by atoms with Crippen molar-refractivity contribution in [1.82, 2.24) is 0 Å². The Balaban J connectivity index is 2.12. The highest BCUT2D eigenvalue weighted by Gasteiger charge is 2.36. The summed E-state index contributed by atoms with van der Waals surface area (Å²) >= 11 is 5.45. The van der Waals surface area contributed by atoms with Gasteiger partial charge in [0.1, 0.15) is 5.60 Å². The lowest BCUT2D eigenvalue weighted by Crippen LogP contribution is -2.27. The molecule has 0 amide bonds. The van der Waals surface area contributed by atoms with Crippen molar-refractivity contribution in [2.24, 2.45) is 0 Å². The first kappa shape index (κ1) is 10.1. The number of hydrogen-bond donors (Lipinski definition) is 0. The molecule has 0 N–H and O–H groups in total. The second-order valence-corrected chi connectivity index (χ2v) is 7.53. The average Bonchev–Trinajstić information content (AvgIpc) is 2.91. The molecule has 0 aromatic carbocycles. The average molecular weight is 278 g/mol. The van der Waals surface area contributed by atoms with E-state index in [4.69, 9.17) is 4.74 Å². The fourth-order valence-corrected chi connectivity index (χ4v) is 5.74. The molecule has 1 aliphatic rings. The quantitative estimate of drug-likeness (QED) is 0.541. The molecule has 3 aromatic heterocycles. The molecule has 17 heavy (non-hydrogen) atoms. The lowest BCUT2D eigenvalue weighted by atomic mass is 9.96. The van der Waals surface area contributed by atoms with Crippen LogP contribution in [-0.4, -0.2) is 0 Å². The fraction of sp³-hybridized carbons (Fsp3) is 0.231. The molecule has 4 heteroatoms. The zero-order valence-electron chi connectivity index (χ0n) is 9.44. The van der Waals surface area contributed by atoms with Crippen molar-refractivity contribution in [3.63, 3.8) is 0 Å². The zero-order valence-corrected chi connectivity index (χ0v) is 11.9. The topological polar surface area (TPSA) is 9.23 Å². The van der Waals surface area contributed by atoms with Crippen LogP contribution in [0.2, 0.25) is 0 Å². The Morgan fingerprint density at radius 2 is 1.88 bits per heavy atom. The van der Waals surface area contributed by atoms with Gasteiger partial charge in [-0.15, -0.1) is 34.0 Å². The summed E-state index contributed by atoms with van der Waals surface area (Å²) in [5.41, 5.74) is 1.12. The molecule has 0 aliphatic carbocycles. The summed E-state index contributed by atoms with van der Waals surface area (Å²) in [5, 5.41) is 4.31. The van der Waals surface area contributed by atoms with Crippen molar-refractivity contribution in [3.05, 3.63) is 28.5 Å². The highest BCUT2D eigenvalue weighted by molar-refractivity contribution is 7.31. The summed E-state index contributed by atoms with van der Waals surface area (Å²) in [6, 6.07) is 4.38. The zero-order chi connectivity index (χ0) is 11.6. The van der Waals surface area contributed by atoms with Gasteiger partial charge in [0, 0.05) is 10.3 Å². The SMILES string of the molecule is CC1(C)Oc2c(sc3ccsc23)-c2sccc21. The van der Waals surface area contributed by atoms with Crippen molar-refractivity contribution in [1.29, 1.82) is 0 Å². The molecule has 4 heterocycles. The molecule has 0 atom stereocenters. The van der Waals surface area contributed by atoms with E-state index in [-0.39, 0.29) is 5.60 Å². The molecule has 0 saturated heterocycles. The largest absolute Gasteiger partial charge is 0.480 e. The van der Waals surface area contributed by atoms with Crippen LogP contribution < -0.4 is 4.74 Å². The molecule has 4 rings (SSSR count). The number of thiophene rings is 3. The van der Waals surface area contributed by atoms with Crippen LogP contribution in [0, 0.1) is 0 Å². The maximum absolute atomic E-state index is 6.24. The third kappa shape index (κ3) is 1.23. The molecular formula is C13H10OS3. The van der Waals surface area contributed by atoms with E-state index in [1.165, 1.54) is 24.7 Å². The van der Waals surface area contributed by atoms with Crippen molar-refractivity contribution in [3.8, 4) is 15.5 Å². The molecule has 1 aliphatic heterocycles. The van der Waals surface area contributed by atoms with Gasteiger partial charge < -0.3 is 4.74 Å². The first-order valence-electron chi connectivity index (χ1n) is 5.44. The Labute approximate surface area is 111 Å². The summed E-state index contributed by atoms with van der Waals surface area (Å²) in [6.07, 6.45) is 0. The molecular weight excluding hydrogens is 268 g/mol. The highest BCUT2D eigenvalue weighted by Crippen LogP contribution is 2.55. The molecule has 0 bridgehead atoms. The van der Waals surface area contributed by atoms with Gasteiger partial charge >= 0.3 is 0 Å². The Morgan fingerprint density at radius 3 is 2.76 bits per heavy atom. The normalized spacial score (nSPS) is 16.6. The van der Waals surface area contributed by atoms with Crippen LogP contribution in [0.25, 0.3) is 19.2 Å². The smallest absolute Gasteiger partial charge is 0.157 e. The van der Waals surface area contributed by atoms with E-state index in [2.05, 4.69) is 36.7 Å². The van der Waals surface area contributed by atoms with E-state index in [0.717, 1.165) is 5.75 Å². The van der Waals surface area contributed by atoms with Gasteiger partial charge in [-0.25, -0.2) is 0 Å². The van der Waals surface area contributed by atoms with Crippen molar-refractivity contribution in [2.45, 2.75) is 19.4 Å². The number of ether oxygens (including phenoxy) is 1. The van der Waals surface area contributed by atoms with Gasteiger partial charge in [-0.1, -0.05) is 0 Å². The standard InChI is InChI=1S/C13H10OS3/c1-13(2)7-3-5-15-10(7)12-9(14-13)11-8(17-12)4-6-16-11/h3-6H,1-2H3. The van der Waals surface area contributed by atoms with Gasteiger partial charge in [0.05, 0.1) is 14.5 Å². The molecule has 1 nitrogen and oxygen atoms in total. The van der Waals surface area contributed by atoms with Crippen LogP contribution in [0.15, 0.2) is 22.9 Å². The predicted molar refractivity (Wildman–Crippen MR) is 76.7 cm³/mol. The van der Waals surface area contributed by atoms with E-state index in [1.54, 1.807) is 11.3 Å². The van der Waals surface area contributed by atoms with E-state index < -0.39 is 0 Å². The summed E-state index contributed by atoms with van der Waals surface area (Å²) < 4.78 is 8.89. The second kappa shape index (κ2) is 3.13. The Kier molecular flexibility index (Phi) is 1.86. The maximum Gasteiger partial charge on any atom is 0.157 e. The molecule has 3 aromatic rings. The van der Waals surface area contributed by atoms with Crippen molar-refractivity contribution >= 4 is 43.4 Å². The van der Waals surface area contributed by atoms with Crippen molar-refractivity contribution in [2.75, 3.05) is 0 Å². The summed E-state index contributed by atoms with van der Waals surface area (Å²) in [4.78, 5) is 2.71. The highest BCUT2D eigenvalue weighted by atomic mass is 32.1. The number of hydrogen-bond acceptors (Lipinski definition) is 4. The maximum atomic E-state index is 6.24. The van der Waals surface area contributed by atoms with E-state index >= 15 is 0 Å². The minimum absolute atomic E-state index is 0.208. The molecule has 0 unspecified atom stereocenters. The minimum atomic E-state index is -0.208. The summed E-state index contributed by atoms with van der Waals surface area (Å²) in [7, 11) is 0. The van der Waals surface area contributed by atoms with Crippen LogP contribution >= 0.6 is 34.0 Å². The molecule has 0 saturated carbocycles. The Bertz CT molecular complexity index is 714. The van der Waals surface area contributed by atoms with E-state index in [0.29, 0.717) is 0 Å². The second-order valence-electron chi connectivity index (χ2n) is 4.65. The fourth-order valence-electron chi connectivity index (χ4n) is 2.31. The van der Waals surface area contributed by atoms with Gasteiger partial charge in [0.25, 0.3) is 0 Å². The monoisotopic (exact) mass is 278 g/mol. The summed E-state index contributed by atoms with van der Waals surface area (Å²) in [6.45, 7) is 4.30. The van der Waals surface area contributed by atoms with Crippen LogP contribution in [0.4, 0.5) is 0 Å². The summed E-state index contributed by atoms with van der Waals surface area (Å²) in [5.74, 6) is 1.10. The van der Waals surface area contributed by atoms with Crippen LogP contribution in [-0.2, 0) is 5.60 Å². The van der Waals surface area contributed by atoms with E-state index in [1.807, 2.05) is 22.7 Å². The van der Waals surface area contributed by atoms with Gasteiger partial charge in [-0.05, 0) is 36.7 Å². The van der Waals surface area contributed by atoms with E-state index in [9.17, 15) is 0 Å². The van der Waals surface area contributed by atoms with Gasteiger partial charge in [-0.3, -0.25) is 0 Å². The van der Waals surface area contributed by atoms with Gasteiger partial charge in [-0.2, -0.15) is 0 Å². The Morgan fingerprint density at radius 1 is 1.06 bits per heavy atom. The van der Waals surface area contributed by atoms with Gasteiger partial charge in [0.2, 0.25) is 0 Å². The Hall–Kier alpha value is -0.840. The predicted octanol–water partition coefficient (Wildman–Crippen LogP) is 5.32. The molecule has 0 fully saturated rings. The van der Waals surface area contributed by atoms with Crippen LogP contribution in [0.5, 0.6) is 5.75 Å². The lowest BCUT2D eigenvalue weighted by Gasteiger charge is -2.31. The minimum Gasteiger partial charge on any atom is -0.480 e. The van der Waals surface area contributed by atoms with Gasteiger partial charge in [0.15, 0.2) is 5.75 Å².